The van der Waals surface area contributed by atoms with Crippen LogP contribution in [-0.2, 0) is 14.4 Å². The van der Waals surface area contributed by atoms with Crippen molar-refractivity contribution in [3.8, 4) is 0 Å². The molecule has 0 unspecified atom stereocenters. The molecule has 0 bridgehead atoms. The van der Waals surface area contributed by atoms with Crippen molar-refractivity contribution in [2.75, 3.05) is 0 Å². The van der Waals surface area contributed by atoms with Crippen LogP contribution in [0.2, 0.25) is 0 Å². The molecule has 0 aromatic rings. The fourth-order valence-electron chi connectivity index (χ4n) is 0.245. The van der Waals surface area contributed by atoms with Gasteiger partial charge in [0.25, 0.3) is 0 Å². The molecule has 3 N–H and O–H groups in total. The minimum Gasteiger partial charge on any atom is -0.478 e. The molecule has 0 aromatic heterocycles. The summed E-state index contributed by atoms with van der Waals surface area (Å²) in [7, 11) is 0. The zero-order valence-corrected chi connectivity index (χ0v) is 7.66. The van der Waals surface area contributed by atoms with E-state index >= 15 is 0 Å². The number of rotatable bonds is 3. The van der Waals surface area contributed by atoms with Gasteiger partial charge in [0.15, 0.2) is 0 Å². The van der Waals surface area contributed by atoms with Crippen molar-refractivity contribution >= 4 is 17.7 Å². The maximum atomic E-state index is 9.95. The van der Waals surface area contributed by atoms with Gasteiger partial charge in [-0.1, -0.05) is 6.58 Å². The lowest BCUT2D eigenvalue weighted by Gasteiger charge is -1.82. The molecule has 0 aliphatic heterocycles. The number of Topliss-reactive ketones (excluding diaryl/α,β-unsaturated/α-hetero) is 1. The molecule has 0 spiro atoms. The first-order chi connectivity index (χ1) is 5.77. The highest BCUT2D eigenvalue weighted by atomic mass is 16.4. The molecule has 5 heteroatoms. The standard InChI is InChI=1S/C4H7NO2.C4H6O2/c1-3(6)2-4(5)7;1-3(2)4(5)6/h2H2,1H3,(H2,5,7);1H2,2H3,(H,5,6). The number of carbonyl (C=O) groups excluding carboxylic acids is 2. The number of carboxylic acid groups (broad SMARTS) is 1. The Balaban J connectivity index is 0. The summed E-state index contributed by atoms with van der Waals surface area (Å²) in [5.74, 6) is -1.69. The lowest BCUT2D eigenvalue weighted by atomic mass is 10.3. The van der Waals surface area contributed by atoms with Crippen LogP contribution in [0, 0.1) is 0 Å². The van der Waals surface area contributed by atoms with Crippen molar-refractivity contribution in [2.45, 2.75) is 20.3 Å². The van der Waals surface area contributed by atoms with E-state index in [9.17, 15) is 14.4 Å². The number of aliphatic carboxylic acids is 1. The Morgan fingerprint density at radius 2 is 1.62 bits per heavy atom. The number of nitrogens with two attached hydrogens (primary N) is 1. The summed E-state index contributed by atoms with van der Waals surface area (Å²) in [5, 5.41) is 7.89. The number of carboxylic acids is 1. The first-order valence-corrected chi connectivity index (χ1v) is 3.44. The van der Waals surface area contributed by atoms with Crippen LogP contribution in [0.4, 0.5) is 0 Å². The topological polar surface area (TPSA) is 97.5 Å². The monoisotopic (exact) mass is 187 g/mol. The SMILES string of the molecule is C=C(C)C(=O)O.CC(=O)CC(N)=O. The fourth-order valence-corrected chi connectivity index (χ4v) is 0.245. The molecule has 0 heterocycles. The minimum atomic E-state index is -0.935. The molecule has 0 aromatic carbocycles. The molecule has 0 aliphatic carbocycles. The van der Waals surface area contributed by atoms with Crippen molar-refractivity contribution in [3.05, 3.63) is 12.2 Å². The van der Waals surface area contributed by atoms with E-state index in [1.165, 1.54) is 13.8 Å². The highest BCUT2D eigenvalue weighted by Crippen LogP contribution is 1.81. The van der Waals surface area contributed by atoms with E-state index in [0.29, 0.717) is 0 Å². The molecule has 0 saturated carbocycles. The summed E-state index contributed by atoms with van der Waals surface area (Å²) < 4.78 is 0. The van der Waals surface area contributed by atoms with Crippen LogP contribution in [-0.4, -0.2) is 22.8 Å². The second-order valence-electron chi connectivity index (χ2n) is 2.43. The summed E-state index contributed by atoms with van der Waals surface area (Å²) in [6.07, 6.45) is -0.139. The Morgan fingerprint density at radius 3 is 1.62 bits per heavy atom. The second-order valence-corrected chi connectivity index (χ2v) is 2.43. The summed E-state index contributed by atoms with van der Waals surface area (Å²) in [6.45, 7) is 5.93. The normalized spacial score (nSPS) is 7.85. The fraction of sp³-hybridized carbons (Fsp3) is 0.375. The van der Waals surface area contributed by atoms with Crippen LogP contribution in [0.25, 0.3) is 0 Å². The smallest absolute Gasteiger partial charge is 0.330 e. The molecule has 0 radical (unpaired) electrons. The molecule has 0 rings (SSSR count). The van der Waals surface area contributed by atoms with Crippen molar-refractivity contribution < 1.29 is 19.5 Å². The van der Waals surface area contributed by atoms with E-state index in [4.69, 9.17) is 5.11 Å². The first-order valence-electron chi connectivity index (χ1n) is 3.44. The average Bonchev–Trinajstić information content (AvgIpc) is 1.84. The van der Waals surface area contributed by atoms with Gasteiger partial charge >= 0.3 is 5.97 Å². The zero-order valence-electron chi connectivity index (χ0n) is 7.66. The van der Waals surface area contributed by atoms with Gasteiger partial charge in [-0.05, 0) is 13.8 Å². The minimum absolute atomic E-state index is 0.139. The van der Waals surface area contributed by atoms with Crippen molar-refractivity contribution in [3.63, 3.8) is 0 Å². The predicted molar refractivity (Wildman–Crippen MR) is 46.9 cm³/mol. The van der Waals surface area contributed by atoms with Crippen molar-refractivity contribution in [1.82, 2.24) is 0 Å². The maximum absolute atomic E-state index is 9.95. The van der Waals surface area contributed by atoms with Crippen LogP contribution in [0.5, 0.6) is 0 Å². The molecule has 1 amide bonds. The molecule has 0 atom stereocenters. The van der Waals surface area contributed by atoms with Crippen molar-refractivity contribution in [2.24, 2.45) is 5.73 Å². The van der Waals surface area contributed by atoms with Gasteiger partial charge in [0.2, 0.25) is 5.91 Å². The summed E-state index contributed by atoms with van der Waals surface area (Å²) in [5.41, 5.74) is 4.81. The van der Waals surface area contributed by atoms with E-state index < -0.39 is 11.9 Å². The Kier molecular flexibility index (Phi) is 7.51. The number of hydrogen-bond acceptors (Lipinski definition) is 3. The summed E-state index contributed by atoms with van der Waals surface area (Å²) >= 11 is 0. The molecule has 0 fully saturated rings. The first kappa shape index (κ1) is 13.9. The molecular formula is C8H13NO4. The number of amides is 1. The van der Waals surface area contributed by atoms with Gasteiger partial charge in [0.05, 0.1) is 6.42 Å². The van der Waals surface area contributed by atoms with Crippen LogP contribution >= 0.6 is 0 Å². The van der Waals surface area contributed by atoms with Gasteiger partial charge in [-0.3, -0.25) is 9.59 Å². The highest BCUT2D eigenvalue weighted by Gasteiger charge is 1.95. The van der Waals surface area contributed by atoms with Gasteiger partial charge in [0.1, 0.15) is 5.78 Å². The quantitative estimate of drug-likeness (QED) is 0.483. The maximum Gasteiger partial charge on any atom is 0.330 e. The number of hydrogen-bond donors (Lipinski definition) is 2. The second kappa shape index (κ2) is 7.02. The molecule has 0 aliphatic rings. The zero-order chi connectivity index (χ0) is 11.0. The highest BCUT2D eigenvalue weighted by molar-refractivity contribution is 5.95. The molecule has 5 nitrogen and oxygen atoms in total. The van der Waals surface area contributed by atoms with Gasteiger partial charge in [-0.2, -0.15) is 0 Å². The molecule has 0 saturated heterocycles. The van der Waals surface area contributed by atoms with E-state index in [-0.39, 0.29) is 17.8 Å². The summed E-state index contributed by atoms with van der Waals surface area (Å²) in [6, 6.07) is 0. The van der Waals surface area contributed by atoms with E-state index in [2.05, 4.69) is 12.3 Å². The lowest BCUT2D eigenvalue weighted by Crippen LogP contribution is -2.13. The van der Waals surface area contributed by atoms with Crippen LogP contribution in [0.1, 0.15) is 20.3 Å². The van der Waals surface area contributed by atoms with E-state index in [0.717, 1.165) is 0 Å². The van der Waals surface area contributed by atoms with Gasteiger partial charge in [-0.15, -0.1) is 0 Å². The average molecular weight is 187 g/mol. The van der Waals surface area contributed by atoms with Crippen LogP contribution < -0.4 is 5.73 Å². The Hall–Kier alpha value is -1.65. The van der Waals surface area contributed by atoms with Gasteiger partial charge in [-0.25, -0.2) is 4.79 Å². The lowest BCUT2D eigenvalue weighted by molar-refractivity contribution is -0.132. The van der Waals surface area contributed by atoms with E-state index in [1.807, 2.05) is 0 Å². The third-order valence-electron chi connectivity index (χ3n) is 0.788. The third-order valence-corrected chi connectivity index (χ3v) is 0.788. The number of ketones is 1. The predicted octanol–water partition coefficient (Wildman–Crippen LogP) is 0.0979. The van der Waals surface area contributed by atoms with E-state index in [1.54, 1.807) is 0 Å². The molecule has 74 valence electrons. The Labute approximate surface area is 76.2 Å². The van der Waals surface area contributed by atoms with Crippen LogP contribution in [0.15, 0.2) is 12.2 Å². The van der Waals surface area contributed by atoms with Gasteiger partial charge < -0.3 is 10.8 Å². The Morgan fingerprint density at radius 1 is 1.31 bits per heavy atom. The largest absolute Gasteiger partial charge is 0.478 e. The summed E-state index contributed by atoms with van der Waals surface area (Å²) in [4.78, 5) is 29.4. The number of carbonyl (C=O) groups is 3. The Bertz CT molecular complexity index is 208. The molecular weight excluding hydrogens is 174 g/mol. The van der Waals surface area contributed by atoms with Crippen molar-refractivity contribution in [1.29, 1.82) is 0 Å². The molecule has 13 heavy (non-hydrogen) atoms. The van der Waals surface area contributed by atoms with Gasteiger partial charge in [0, 0.05) is 5.57 Å². The number of primary amides is 1. The van der Waals surface area contributed by atoms with Crippen LogP contribution in [0.3, 0.4) is 0 Å². The third kappa shape index (κ3) is 17.9.